The van der Waals surface area contributed by atoms with Gasteiger partial charge < -0.3 is 20.9 Å². The van der Waals surface area contributed by atoms with Crippen LogP contribution in [0.1, 0.15) is 41.4 Å². The number of carbonyl (C=O) groups is 1. The molecular weight excluding hydrogens is 561 g/mol. The van der Waals surface area contributed by atoms with Crippen LogP contribution in [0.4, 0.5) is 5.69 Å². The van der Waals surface area contributed by atoms with Crippen LogP contribution in [0.15, 0.2) is 66.7 Å². The molecule has 0 bridgehead atoms. The number of rotatable bonds is 12. The normalized spacial score (nSPS) is 11.7. The van der Waals surface area contributed by atoms with E-state index < -0.39 is 22.0 Å². The van der Waals surface area contributed by atoms with Crippen LogP contribution in [0, 0.1) is 5.92 Å². The lowest BCUT2D eigenvalue weighted by atomic mass is 9.93. The number of aliphatic hydroxyl groups is 1. The number of hydrogen-bond donors (Lipinski definition) is 4. The molecule has 11 heteroatoms. The Bertz CT molecular complexity index is 1300. The monoisotopic (exact) mass is 597 g/mol. The molecule has 0 aromatic heterocycles. The molecule has 1 amide bonds. The van der Waals surface area contributed by atoms with Gasteiger partial charge in [-0.3, -0.25) is 4.79 Å². The topological polar surface area (TPSA) is 131 Å². The highest BCUT2D eigenvalue weighted by molar-refractivity contribution is 7.89. The number of amides is 1. The standard InChI is InChI=1S/C28H35N3O5S.2ClH/c1-19(2)16-23-17-22(8-13-26(23)28(33)31-37(3,34)35)20-6-11-25(12-7-20)36-15-14-30-18-27(32)21-4-9-24(29)10-5-21;;/h4-13,17,19,27,30,32H,14-16,18,29H2,1-3H3,(H,31,33);2*1H/t27-;;/m0../s1. The van der Waals surface area contributed by atoms with Crippen LogP contribution in [0.2, 0.25) is 0 Å². The fourth-order valence-electron chi connectivity index (χ4n) is 3.89. The quantitative estimate of drug-likeness (QED) is 0.180. The molecule has 0 spiro atoms. The van der Waals surface area contributed by atoms with Crippen molar-refractivity contribution in [2.75, 3.05) is 31.7 Å². The van der Waals surface area contributed by atoms with E-state index in [1.165, 1.54) is 0 Å². The van der Waals surface area contributed by atoms with Crippen LogP contribution in [-0.2, 0) is 16.4 Å². The number of nitrogen functional groups attached to an aromatic ring is 1. The minimum absolute atomic E-state index is 0. The molecule has 3 rings (SSSR count). The van der Waals surface area contributed by atoms with Crippen molar-refractivity contribution in [1.29, 1.82) is 0 Å². The molecular formula is C28H37Cl2N3O5S. The fourth-order valence-corrected chi connectivity index (χ4v) is 4.33. The Labute approximate surface area is 243 Å². The molecule has 0 aliphatic heterocycles. The zero-order valence-corrected chi connectivity index (χ0v) is 24.7. The third-order valence-corrected chi connectivity index (χ3v) is 6.21. The molecule has 39 heavy (non-hydrogen) atoms. The van der Waals surface area contributed by atoms with Crippen molar-refractivity contribution < 1.29 is 23.1 Å². The van der Waals surface area contributed by atoms with E-state index in [2.05, 4.69) is 10.0 Å². The molecule has 3 aromatic carbocycles. The number of ether oxygens (including phenoxy) is 1. The summed E-state index contributed by atoms with van der Waals surface area (Å²) in [5.74, 6) is 0.385. The summed E-state index contributed by atoms with van der Waals surface area (Å²) < 4.78 is 30.9. The van der Waals surface area contributed by atoms with Gasteiger partial charge in [-0.05, 0) is 64.9 Å². The predicted molar refractivity (Wildman–Crippen MR) is 161 cm³/mol. The lowest BCUT2D eigenvalue weighted by Crippen LogP contribution is -2.30. The molecule has 0 aliphatic carbocycles. The van der Waals surface area contributed by atoms with Crippen LogP contribution in [0.3, 0.4) is 0 Å². The third kappa shape index (κ3) is 11.1. The van der Waals surface area contributed by atoms with E-state index in [-0.39, 0.29) is 30.7 Å². The summed E-state index contributed by atoms with van der Waals surface area (Å²) in [6, 6.07) is 20.2. The Balaban J connectivity index is 0.00000380. The lowest BCUT2D eigenvalue weighted by molar-refractivity contribution is 0.0980. The molecule has 5 N–H and O–H groups in total. The molecule has 8 nitrogen and oxygen atoms in total. The Kier molecular flexibility index (Phi) is 13.8. The minimum Gasteiger partial charge on any atom is -0.492 e. The highest BCUT2D eigenvalue weighted by Gasteiger charge is 2.17. The number of aliphatic hydroxyl groups excluding tert-OH is 1. The van der Waals surface area contributed by atoms with E-state index in [9.17, 15) is 18.3 Å². The Morgan fingerprint density at radius 1 is 0.974 bits per heavy atom. The number of nitrogens with one attached hydrogen (secondary N) is 2. The van der Waals surface area contributed by atoms with Crippen molar-refractivity contribution in [3.8, 4) is 16.9 Å². The first-order valence-electron chi connectivity index (χ1n) is 12.1. The highest BCUT2D eigenvalue weighted by Crippen LogP contribution is 2.26. The first-order valence-corrected chi connectivity index (χ1v) is 14.0. The van der Waals surface area contributed by atoms with Gasteiger partial charge in [-0.15, -0.1) is 24.8 Å². The molecule has 0 unspecified atom stereocenters. The third-order valence-electron chi connectivity index (χ3n) is 5.65. The molecule has 1 atom stereocenters. The molecule has 3 aromatic rings. The van der Waals surface area contributed by atoms with Gasteiger partial charge in [0.2, 0.25) is 10.0 Å². The fraction of sp³-hybridized carbons (Fsp3) is 0.321. The number of halogens is 2. The molecule has 214 valence electrons. The lowest BCUT2D eigenvalue weighted by Gasteiger charge is -2.14. The van der Waals surface area contributed by atoms with Gasteiger partial charge in [-0.2, -0.15) is 0 Å². The number of benzene rings is 3. The predicted octanol–water partition coefficient (Wildman–Crippen LogP) is 4.37. The molecule has 0 fully saturated rings. The summed E-state index contributed by atoms with van der Waals surface area (Å²) in [5.41, 5.74) is 10.2. The number of anilines is 1. The van der Waals surface area contributed by atoms with E-state index in [0.717, 1.165) is 34.3 Å². The number of nitrogens with two attached hydrogens (primary N) is 1. The van der Waals surface area contributed by atoms with Gasteiger partial charge in [0.25, 0.3) is 5.91 Å². The second-order valence-electron chi connectivity index (χ2n) is 9.43. The van der Waals surface area contributed by atoms with E-state index in [0.29, 0.717) is 37.4 Å². The summed E-state index contributed by atoms with van der Waals surface area (Å²) in [6.07, 6.45) is 0.984. The number of hydrogen-bond acceptors (Lipinski definition) is 7. The maximum Gasteiger partial charge on any atom is 0.264 e. The zero-order valence-electron chi connectivity index (χ0n) is 22.2. The van der Waals surface area contributed by atoms with Crippen molar-refractivity contribution in [2.24, 2.45) is 5.92 Å². The van der Waals surface area contributed by atoms with Crippen molar-refractivity contribution in [2.45, 2.75) is 26.4 Å². The van der Waals surface area contributed by atoms with Gasteiger partial charge in [0.1, 0.15) is 12.4 Å². The van der Waals surface area contributed by atoms with Crippen LogP contribution in [-0.4, -0.2) is 45.4 Å². The van der Waals surface area contributed by atoms with Crippen molar-refractivity contribution in [1.82, 2.24) is 10.0 Å². The Hall–Kier alpha value is -2.82. The summed E-state index contributed by atoms with van der Waals surface area (Å²) in [4.78, 5) is 12.5. The van der Waals surface area contributed by atoms with E-state index in [4.69, 9.17) is 10.5 Å². The SMILES string of the molecule is CC(C)Cc1cc(-c2ccc(OCCNC[C@H](O)c3ccc(N)cc3)cc2)ccc1C(=O)NS(C)(=O)=O.Cl.Cl. The van der Waals surface area contributed by atoms with Gasteiger partial charge >= 0.3 is 0 Å². The van der Waals surface area contributed by atoms with E-state index in [1.54, 1.807) is 18.2 Å². The van der Waals surface area contributed by atoms with Gasteiger partial charge in [0.05, 0.1) is 12.4 Å². The highest BCUT2D eigenvalue weighted by atomic mass is 35.5. The first kappa shape index (κ1) is 34.2. The van der Waals surface area contributed by atoms with Crippen molar-refractivity contribution in [3.05, 3.63) is 83.4 Å². The average molecular weight is 599 g/mol. The van der Waals surface area contributed by atoms with Crippen molar-refractivity contribution in [3.63, 3.8) is 0 Å². The zero-order chi connectivity index (χ0) is 27.0. The Morgan fingerprint density at radius 3 is 2.18 bits per heavy atom. The van der Waals surface area contributed by atoms with E-state index >= 15 is 0 Å². The van der Waals surface area contributed by atoms with Crippen LogP contribution >= 0.6 is 24.8 Å². The average Bonchev–Trinajstić information content (AvgIpc) is 2.83. The van der Waals surface area contributed by atoms with Crippen molar-refractivity contribution >= 4 is 46.4 Å². The molecule has 0 heterocycles. The first-order chi connectivity index (χ1) is 17.5. The van der Waals surface area contributed by atoms with Gasteiger partial charge in [0, 0.05) is 24.3 Å². The summed E-state index contributed by atoms with van der Waals surface area (Å²) in [7, 11) is -3.65. The maximum absolute atomic E-state index is 12.5. The smallest absolute Gasteiger partial charge is 0.264 e. The second-order valence-corrected chi connectivity index (χ2v) is 11.2. The summed E-state index contributed by atoms with van der Waals surface area (Å²) >= 11 is 0. The molecule has 0 saturated carbocycles. The van der Waals surface area contributed by atoms with Crippen LogP contribution in [0.5, 0.6) is 5.75 Å². The van der Waals surface area contributed by atoms with Crippen LogP contribution in [0.25, 0.3) is 11.1 Å². The Morgan fingerprint density at radius 2 is 1.59 bits per heavy atom. The van der Waals surface area contributed by atoms with Gasteiger partial charge in [0.15, 0.2) is 0 Å². The number of carbonyl (C=O) groups excluding carboxylic acids is 1. The van der Waals surface area contributed by atoms with Gasteiger partial charge in [-0.1, -0.05) is 50.2 Å². The largest absolute Gasteiger partial charge is 0.492 e. The minimum atomic E-state index is -3.65. The van der Waals surface area contributed by atoms with Gasteiger partial charge in [-0.25, -0.2) is 13.1 Å². The summed E-state index contributed by atoms with van der Waals surface area (Å²) in [6.45, 7) is 5.51. The molecule has 0 saturated heterocycles. The summed E-state index contributed by atoms with van der Waals surface area (Å²) in [5, 5.41) is 13.4. The molecule has 0 aliphatic rings. The van der Waals surface area contributed by atoms with Crippen LogP contribution < -0.4 is 20.5 Å². The maximum atomic E-state index is 12.5. The molecule has 0 radical (unpaired) electrons. The van der Waals surface area contributed by atoms with E-state index in [1.807, 2.05) is 62.4 Å². The second kappa shape index (κ2) is 15.7. The number of sulfonamides is 1.